The third-order valence-corrected chi connectivity index (χ3v) is 8.24. The van der Waals surface area contributed by atoms with Gasteiger partial charge >= 0.3 is 0 Å². The van der Waals surface area contributed by atoms with Crippen molar-refractivity contribution in [2.24, 2.45) is 5.92 Å². The molecule has 0 unspecified atom stereocenters. The largest absolute Gasteiger partial charge is 0.326 e. The van der Waals surface area contributed by atoms with Gasteiger partial charge in [-0.3, -0.25) is 9.59 Å². The molecule has 0 atom stereocenters. The topological polar surface area (TPSA) is 83.6 Å². The highest BCUT2D eigenvalue weighted by molar-refractivity contribution is 7.89. The summed E-state index contributed by atoms with van der Waals surface area (Å²) in [4.78, 5) is 24.4. The van der Waals surface area contributed by atoms with E-state index in [9.17, 15) is 18.0 Å². The van der Waals surface area contributed by atoms with E-state index < -0.39 is 10.0 Å². The number of fused-ring (bicyclic) bond motifs is 1. The fourth-order valence-electron chi connectivity index (χ4n) is 4.41. The molecule has 1 N–H and O–H groups in total. The summed E-state index contributed by atoms with van der Waals surface area (Å²) in [5.74, 6) is -0.366. The van der Waals surface area contributed by atoms with E-state index in [-0.39, 0.29) is 17.6 Å². The molecule has 2 aromatic rings. The van der Waals surface area contributed by atoms with Crippen molar-refractivity contribution in [1.29, 1.82) is 0 Å². The number of nitrogens with zero attached hydrogens (tertiary/aromatic N) is 1. The molecule has 4 rings (SSSR count). The number of hydrogen-bond donors (Lipinski definition) is 1. The van der Waals surface area contributed by atoms with Gasteiger partial charge < -0.3 is 5.32 Å². The van der Waals surface area contributed by atoms with Gasteiger partial charge in [0.2, 0.25) is 15.9 Å². The smallest absolute Gasteiger partial charge is 0.243 e. The average Bonchev–Trinajstić information content (AvgIpc) is 2.79. The number of amides is 1. The van der Waals surface area contributed by atoms with Gasteiger partial charge in [0.15, 0.2) is 5.78 Å². The number of anilines is 1. The van der Waals surface area contributed by atoms with Gasteiger partial charge in [0.05, 0.1) is 4.90 Å². The minimum absolute atomic E-state index is 0.0228. The number of piperidine rings is 1. The Balaban J connectivity index is 1.37. The highest BCUT2D eigenvalue weighted by Gasteiger charge is 2.32. The Morgan fingerprint density at radius 3 is 2.23 bits per heavy atom. The summed E-state index contributed by atoms with van der Waals surface area (Å²) in [6.07, 6.45) is 5.20. The zero-order chi connectivity index (χ0) is 22.0. The van der Waals surface area contributed by atoms with Crippen LogP contribution in [0.2, 0.25) is 0 Å². The first-order chi connectivity index (χ1) is 14.8. The van der Waals surface area contributed by atoms with Crippen molar-refractivity contribution >= 4 is 27.4 Å². The van der Waals surface area contributed by atoms with Crippen molar-refractivity contribution in [3.8, 4) is 0 Å². The van der Waals surface area contributed by atoms with E-state index in [0.717, 1.165) is 31.2 Å². The van der Waals surface area contributed by atoms with Crippen molar-refractivity contribution in [3.05, 3.63) is 59.2 Å². The van der Waals surface area contributed by atoms with Crippen LogP contribution in [0, 0.1) is 5.92 Å². The van der Waals surface area contributed by atoms with Crippen molar-refractivity contribution in [3.63, 3.8) is 0 Å². The van der Waals surface area contributed by atoms with Gasteiger partial charge in [-0.2, -0.15) is 4.31 Å². The van der Waals surface area contributed by atoms with E-state index in [2.05, 4.69) is 5.32 Å². The predicted molar refractivity (Wildman–Crippen MR) is 120 cm³/mol. The zero-order valence-electron chi connectivity index (χ0n) is 17.8. The molecule has 1 heterocycles. The number of nitrogens with one attached hydrogen (secondary N) is 1. The molecule has 1 fully saturated rings. The third-order valence-electron chi connectivity index (χ3n) is 6.34. The molecule has 1 amide bonds. The Labute approximate surface area is 183 Å². The second kappa shape index (κ2) is 8.93. The summed E-state index contributed by atoms with van der Waals surface area (Å²) >= 11 is 0. The van der Waals surface area contributed by atoms with Crippen LogP contribution in [-0.2, 0) is 27.7 Å². The third kappa shape index (κ3) is 4.72. The first-order valence-corrected chi connectivity index (χ1v) is 12.3. The fraction of sp³-hybridized carbons (Fsp3) is 0.417. The van der Waals surface area contributed by atoms with Gasteiger partial charge in [0.25, 0.3) is 0 Å². The Kier molecular flexibility index (Phi) is 6.25. The van der Waals surface area contributed by atoms with Crippen LogP contribution in [0.5, 0.6) is 0 Å². The number of hydrogen-bond acceptors (Lipinski definition) is 4. The number of ketones is 1. The molecule has 1 aliphatic heterocycles. The molecule has 2 aromatic carbocycles. The first-order valence-electron chi connectivity index (χ1n) is 10.9. The number of benzene rings is 2. The minimum atomic E-state index is -3.55. The second-order valence-electron chi connectivity index (χ2n) is 8.44. The molecule has 2 aliphatic rings. The zero-order valence-corrected chi connectivity index (χ0v) is 18.6. The molecule has 164 valence electrons. The summed E-state index contributed by atoms with van der Waals surface area (Å²) in [5, 5.41) is 2.88. The molecule has 1 saturated heterocycles. The normalized spacial score (nSPS) is 17.7. The van der Waals surface area contributed by atoms with Gasteiger partial charge in [-0.05, 0) is 93.0 Å². The molecule has 0 spiro atoms. The van der Waals surface area contributed by atoms with Crippen LogP contribution in [0.25, 0.3) is 0 Å². The van der Waals surface area contributed by atoms with Crippen LogP contribution in [-0.4, -0.2) is 37.5 Å². The lowest BCUT2D eigenvalue weighted by Gasteiger charge is -2.31. The molecular weight excluding hydrogens is 412 g/mol. The molecule has 0 radical (unpaired) electrons. The van der Waals surface area contributed by atoms with Crippen LogP contribution in [0.1, 0.15) is 54.1 Å². The van der Waals surface area contributed by atoms with Crippen LogP contribution < -0.4 is 5.32 Å². The Bertz CT molecular complexity index is 1090. The van der Waals surface area contributed by atoms with Gasteiger partial charge in [-0.1, -0.05) is 6.07 Å². The summed E-state index contributed by atoms with van der Waals surface area (Å²) in [6.45, 7) is 2.17. The molecule has 0 aromatic heterocycles. The van der Waals surface area contributed by atoms with Gasteiger partial charge in [-0.15, -0.1) is 0 Å². The molecular formula is C24H28N2O4S. The van der Waals surface area contributed by atoms with Gasteiger partial charge in [-0.25, -0.2) is 8.42 Å². The number of carbonyl (C=O) groups is 2. The summed E-state index contributed by atoms with van der Waals surface area (Å²) < 4.78 is 27.8. The van der Waals surface area contributed by atoms with E-state index in [1.807, 2.05) is 12.1 Å². The summed E-state index contributed by atoms with van der Waals surface area (Å²) in [7, 11) is -3.55. The average molecular weight is 441 g/mol. The Morgan fingerprint density at radius 2 is 1.58 bits per heavy atom. The maximum Gasteiger partial charge on any atom is 0.243 e. The fourth-order valence-corrected chi connectivity index (χ4v) is 5.93. The highest BCUT2D eigenvalue weighted by Crippen LogP contribution is 2.28. The van der Waals surface area contributed by atoms with Gasteiger partial charge in [0, 0.05) is 30.3 Å². The maximum absolute atomic E-state index is 13.1. The van der Waals surface area contributed by atoms with Crippen LogP contribution >= 0.6 is 0 Å². The lowest BCUT2D eigenvalue weighted by atomic mass is 9.92. The predicted octanol–water partition coefficient (Wildman–Crippen LogP) is 3.81. The lowest BCUT2D eigenvalue weighted by molar-refractivity contribution is -0.120. The molecule has 0 saturated carbocycles. The Morgan fingerprint density at radius 1 is 0.935 bits per heavy atom. The quantitative estimate of drug-likeness (QED) is 0.717. The molecule has 6 nitrogen and oxygen atoms in total. The minimum Gasteiger partial charge on any atom is -0.326 e. The SMILES string of the molecule is CC(=O)c1ccc(NC(=O)C2CCN(S(=O)(=O)c3ccc4c(c3)CCCC4)CC2)cc1. The number of sulfonamides is 1. The number of rotatable bonds is 5. The van der Waals surface area contributed by atoms with Crippen molar-refractivity contribution in [2.75, 3.05) is 18.4 Å². The summed E-state index contributed by atoms with van der Waals surface area (Å²) in [5.41, 5.74) is 3.65. The first kappa shape index (κ1) is 21.7. The van der Waals surface area contributed by atoms with Crippen LogP contribution in [0.4, 0.5) is 5.69 Å². The standard InChI is InChI=1S/C24H28N2O4S/c1-17(27)18-6-9-22(10-7-18)25-24(28)20-12-14-26(15-13-20)31(29,30)23-11-8-19-4-2-3-5-21(19)16-23/h6-11,16,20H,2-5,12-15H2,1H3,(H,25,28). The molecule has 1 aliphatic carbocycles. The van der Waals surface area contributed by atoms with E-state index in [4.69, 9.17) is 0 Å². The van der Waals surface area contributed by atoms with Crippen molar-refractivity contribution in [2.45, 2.75) is 50.3 Å². The van der Waals surface area contributed by atoms with Crippen LogP contribution in [0.3, 0.4) is 0 Å². The molecule has 31 heavy (non-hydrogen) atoms. The number of carbonyl (C=O) groups excluding carboxylic acids is 2. The van der Waals surface area contributed by atoms with E-state index in [1.54, 1.807) is 30.3 Å². The Hall–Kier alpha value is -2.51. The summed E-state index contributed by atoms with van der Waals surface area (Å²) in [6, 6.07) is 12.3. The number of Topliss-reactive ketones (excluding diaryl/α,β-unsaturated/α-hetero) is 1. The van der Waals surface area contributed by atoms with Crippen LogP contribution in [0.15, 0.2) is 47.4 Å². The molecule has 0 bridgehead atoms. The second-order valence-corrected chi connectivity index (χ2v) is 10.4. The van der Waals surface area contributed by atoms with Gasteiger partial charge in [0.1, 0.15) is 0 Å². The van der Waals surface area contributed by atoms with Crippen molar-refractivity contribution < 1.29 is 18.0 Å². The number of aryl methyl sites for hydroxylation is 2. The lowest BCUT2D eigenvalue weighted by Crippen LogP contribution is -2.41. The molecule has 7 heteroatoms. The highest BCUT2D eigenvalue weighted by atomic mass is 32.2. The van der Waals surface area contributed by atoms with E-state index >= 15 is 0 Å². The van der Waals surface area contributed by atoms with E-state index in [1.165, 1.54) is 16.8 Å². The maximum atomic E-state index is 13.1. The van der Waals surface area contributed by atoms with Crippen molar-refractivity contribution in [1.82, 2.24) is 4.31 Å². The van der Waals surface area contributed by atoms with E-state index in [0.29, 0.717) is 42.1 Å². The monoisotopic (exact) mass is 440 g/mol.